The quantitative estimate of drug-likeness (QED) is 0.626. The normalized spacial score (nSPS) is 12.4. The first kappa shape index (κ1) is 21.4. The van der Waals surface area contributed by atoms with Crippen molar-refractivity contribution in [2.75, 3.05) is 23.7 Å². The molecule has 0 aliphatic heterocycles. The van der Waals surface area contributed by atoms with Gasteiger partial charge in [-0.2, -0.15) is 0 Å². The Morgan fingerprint density at radius 1 is 1.15 bits per heavy atom. The Balaban J connectivity index is 1.85. The zero-order valence-electron chi connectivity index (χ0n) is 15.6. The van der Waals surface area contributed by atoms with Gasteiger partial charge in [0.15, 0.2) is 0 Å². The third kappa shape index (κ3) is 6.99. The third-order valence-corrected chi connectivity index (χ3v) is 5.92. The van der Waals surface area contributed by atoms with Crippen LogP contribution in [0, 0.1) is 0 Å². The van der Waals surface area contributed by atoms with Gasteiger partial charge >= 0.3 is 0 Å². The van der Waals surface area contributed by atoms with E-state index in [1.165, 1.54) is 16.1 Å². The molecule has 0 saturated heterocycles. The van der Waals surface area contributed by atoms with Crippen molar-refractivity contribution in [1.82, 2.24) is 5.32 Å². The first-order chi connectivity index (χ1) is 12.8. The molecule has 0 spiro atoms. The monoisotopic (exact) mass is 452 g/mol. The van der Waals surface area contributed by atoms with E-state index in [9.17, 15) is 13.2 Å². The van der Waals surface area contributed by atoms with Crippen molar-refractivity contribution in [1.29, 1.82) is 0 Å². The first-order valence-corrected chi connectivity index (χ1v) is 11.5. The van der Waals surface area contributed by atoms with Crippen molar-refractivity contribution in [3.05, 3.63) is 64.6 Å². The highest BCUT2D eigenvalue weighted by atomic mass is 79.9. The lowest BCUT2D eigenvalue weighted by Crippen LogP contribution is -2.32. The Kier molecular flexibility index (Phi) is 7.86. The van der Waals surface area contributed by atoms with Crippen LogP contribution in [0.25, 0.3) is 0 Å². The fraction of sp³-hybridized carbons (Fsp3) is 0.350. The number of halogens is 1. The van der Waals surface area contributed by atoms with Gasteiger partial charge in [0.05, 0.1) is 11.9 Å². The molecule has 0 radical (unpaired) electrons. The molecule has 1 atom stereocenters. The summed E-state index contributed by atoms with van der Waals surface area (Å²) in [7, 11) is -3.41. The third-order valence-electron chi connectivity index (χ3n) is 4.24. The van der Waals surface area contributed by atoms with Crippen LogP contribution >= 0.6 is 15.9 Å². The number of nitrogens with one attached hydrogen (secondary N) is 1. The lowest BCUT2D eigenvalue weighted by molar-refractivity contribution is -0.121. The first-order valence-electron chi connectivity index (χ1n) is 8.82. The number of hydrogen-bond acceptors (Lipinski definition) is 3. The number of nitrogens with zero attached hydrogens (tertiary/aromatic N) is 1. The molecule has 0 aliphatic carbocycles. The molecule has 7 heteroatoms. The lowest BCUT2D eigenvalue weighted by Gasteiger charge is -2.22. The van der Waals surface area contributed by atoms with Gasteiger partial charge in [0.25, 0.3) is 0 Å². The van der Waals surface area contributed by atoms with E-state index in [0.29, 0.717) is 18.7 Å². The molecule has 0 heterocycles. The topological polar surface area (TPSA) is 66.5 Å². The molecule has 0 aromatic heterocycles. The minimum Gasteiger partial charge on any atom is -0.356 e. The number of sulfonamides is 1. The minimum atomic E-state index is -3.41. The van der Waals surface area contributed by atoms with Crippen LogP contribution < -0.4 is 9.62 Å². The van der Waals surface area contributed by atoms with Crippen molar-refractivity contribution in [3.8, 4) is 0 Å². The fourth-order valence-corrected chi connectivity index (χ4v) is 4.10. The number of anilines is 1. The molecular weight excluding hydrogens is 428 g/mol. The molecule has 146 valence electrons. The van der Waals surface area contributed by atoms with Crippen molar-refractivity contribution >= 4 is 37.5 Å². The highest BCUT2D eigenvalue weighted by Crippen LogP contribution is 2.22. The number of amides is 1. The molecular formula is C20H25BrN2O3S. The summed E-state index contributed by atoms with van der Waals surface area (Å²) in [4.78, 5) is 12.1. The Labute approximate surface area is 170 Å². The Morgan fingerprint density at radius 3 is 2.48 bits per heavy atom. The maximum atomic E-state index is 12.1. The van der Waals surface area contributed by atoms with E-state index >= 15 is 0 Å². The van der Waals surface area contributed by atoms with Crippen molar-refractivity contribution in [2.24, 2.45) is 0 Å². The van der Waals surface area contributed by atoms with Gasteiger partial charge in [0, 0.05) is 24.0 Å². The van der Waals surface area contributed by atoms with E-state index in [2.05, 4.69) is 28.2 Å². The van der Waals surface area contributed by atoms with Gasteiger partial charge < -0.3 is 5.32 Å². The predicted octanol–water partition coefficient (Wildman–Crippen LogP) is 3.92. The minimum absolute atomic E-state index is 0.0690. The maximum absolute atomic E-state index is 12.1. The van der Waals surface area contributed by atoms with Crippen LogP contribution in [-0.4, -0.2) is 33.7 Å². The van der Waals surface area contributed by atoms with Gasteiger partial charge in [-0.05, 0) is 36.1 Å². The number of carbonyl (C=O) groups excluding carboxylic acids is 1. The Bertz CT molecular complexity index is 857. The van der Waals surface area contributed by atoms with E-state index in [0.717, 1.165) is 4.47 Å². The molecule has 0 aliphatic rings. The highest BCUT2D eigenvalue weighted by molar-refractivity contribution is 9.10. The van der Waals surface area contributed by atoms with E-state index in [1.54, 1.807) is 18.2 Å². The second-order valence-corrected chi connectivity index (χ2v) is 9.36. The smallest absolute Gasteiger partial charge is 0.232 e. The molecule has 27 heavy (non-hydrogen) atoms. The molecule has 2 aromatic carbocycles. The zero-order valence-corrected chi connectivity index (χ0v) is 18.0. The summed E-state index contributed by atoms with van der Waals surface area (Å²) in [6.45, 7) is 2.88. The SMILES string of the molecule is C[C@H](CNC(=O)CCCN(c1cccc(Br)c1)S(C)(=O)=O)c1ccccc1. The zero-order chi connectivity index (χ0) is 19.9. The Morgan fingerprint density at radius 2 is 1.85 bits per heavy atom. The van der Waals surface area contributed by atoms with E-state index in [4.69, 9.17) is 0 Å². The van der Waals surface area contributed by atoms with Crippen molar-refractivity contribution in [2.45, 2.75) is 25.7 Å². The summed E-state index contributed by atoms with van der Waals surface area (Å²) >= 11 is 3.36. The molecule has 0 saturated carbocycles. The van der Waals surface area contributed by atoms with E-state index in [1.807, 2.05) is 36.4 Å². The van der Waals surface area contributed by atoms with Gasteiger partial charge in [-0.25, -0.2) is 8.42 Å². The van der Waals surface area contributed by atoms with Gasteiger partial charge in [0.1, 0.15) is 0 Å². The number of carbonyl (C=O) groups is 1. The van der Waals surface area contributed by atoms with Crippen LogP contribution in [0.5, 0.6) is 0 Å². The van der Waals surface area contributed by atoms with Crippen molar-refractivity contribution in [3.63, 3.8) is 0 Å². The summed E-state index contributed by atoms with van der Waals surface area (Å²) in [5.74, 6) is 0.157. The maximum Gasteiger partial charge on any atom is 0.232 e. The van der Waals surface area contributed by atoms with Crippen LogP contribution in [0.1, 0.15) is 31.2 Å². The summed E-state index contributed by atoms with van der Waals surface area (Å²) in [5, 5.41) is 2.93. The molecule has 0 unspecified atom stereocenters. The van der Waals surface area contributed by atoms with E-state index in [-0.39, 0.29) is 24.8 Å². The fourth-order valence-electron chi connectivity index (χ4n) is 2.76. The molecule has 5 nitrogen and oxygen atoms in total. The summed E-state index contributed by atoms with van der Waals surface area (Å²) in [5.41, 5.74) is 1.76. The van der Waals surface area contributed by atoms with Gasteiger partial charge in [0.2, 0.25) is 15.9 Å². The number of hydrogen-bond donors (Lipinski definition) is 1. The summed E-state index contributed by atoms with van der Waals surface area (Å²) < 4.78 is 26.3. The summed E-state index contributed by atoms with van der Waals surface area (Å²) in [6, 6.07) is 17.1. The largest absolute Gasteiger partial charge is 0.356 e. The van der Waals surface area contributed by atoms with Gasteiger partial charge in [-0.1, -0.05) is 59.3 Å². The predicted molar refractivity (Wildman–Crippen MR) is 113 cm³/mol. The van der Waals surface area contributed by atoms with Crippen LogP contribution in [-0.2, 0) is 14.8 Å². The molecule has 2 aromatic rings. The van der Waals surface area contributed by atoms with Crippen LogP contribution in [0.15, 0.2) is 59.1 Å². The number of rotatable bonds is 9. The highest BCUT2D eigenvalue weighted by Gasteiger charge is 2.18. The molecule has 1 amide bonds. The van der Waals surface area contributed by atoms with Crippen molar-refractivity contribution < 1.29 is 13.2 Å². The molecule has 0 bridgehead atoms. The average molecular weight is 453 g/mol. The van der Waals surface area contributed by atoms with Gasteiger partial charge in [-0.3, -0.25) is 9.10 Å². The van der Waals surface area contributed by atoms with E-state index < -0.39 is 10.0 Å². The second-order valence-electron chi connectivity index (χ2n) is 6.53. The Hall–Kier alpha value is -1.86. The number of benzene rings is 2. The molecule has 1 N–H and O–H groups in total. The summed E-state index contributed by atoms with van der Waals surface area (Å²) in [6.07, 6.45) is 1.90. The average Bonchev–Trinajstić information content (AvgIpc) is 2.63. The lowest BCUT2D eigenvalue weighted by atomic mass is 10.0. The second kappa shape index (κ2) is 9.90. The van der Waals surface area contributed by atoms with Crippen LogP contribution in [0.4, 0.5) is 5.69 Å². The van der Waals surface area contributed by atoms with Gasteiger partial charge in [-0.15, -0.1) is 0 Å². The molecule has 2 rings (SSSR count). The standard InChI is InChI=1S/C20H25BrN2O3S/c1-16(17-8-4-3-5-9-17)15-22-20(24)12-7-13-23(27(2,25)26)19-11-6-10-18(21)14-19/h3-6,8-11,14,16H,7,12-13,15H2,1-2H3,(H,22,24)/t16-/m1/s1. The van der Waals surface area contributed by atoms with Crippen LogP contribution in [0.2, 0.25) is 0 Å². The molecule has 0 fully saturated rings. The van der Waals surface area contributed by atoms with Crippen LogP contribution in [0.3, 0.4) is 0 Å².